The van der Waals surface area contributed by atoms with Crippen LogP contribution in [0, 0.1) is 0 Å². The van der Waals surface area contributed by atoms with Gasteiger partial charge in [0.05, 0.1) is 12.7 Å². The normalized spacial score (nSPS) is 10.6. The number of ether oxygens (including phenoxy) is 1. The number of pyridine rings is 1. The molecule has 0 aliphatic carbocycles. The molecule has 0 aliphatic heterocycles. The van der Waals surface area contributed by atoms with Crippen molar-refractivity contribution in [2.45, 2.75) is 19.3 Å². The molecule has 1 N–H and O–H groups in total. The van der Waals surface area contributed by atoms with Crippen molar-refractivity contribution in [3.8, 4) is 0 Å². The van der Waals surface area contributed by atoms with Crippen LogP contribution in [0.1, 0.15) is 29.0 Å². The Hall–Kier alpha value is -3.22. The van der Waals surface area contributed by atoms with Crippen molar-refractivity contribution in [2.24, 2.45) is 0 Å². The molecule has 128 valence electrons. The number of amides is 1. The highest BCUT2D eigenvalue weighted by Crippen LogP contribution is 2.12. The number of rotatable bonds is 6. The Labute approximate surface area is 144 Å². The fourth-order valence-electron chi connectivity index (χ4n) is 2.50. The van der Waals surface area contributed by atoms with Gasteiger partial charge >= 0.3 is 5.97 Å². The van der Waals surface area contributed by atoms with Crippen LogP contribution < -0.4 is 5.32 Å². The van der Waals surface area contributed by atoms with Gasteiger partial charge in [-0.3, -0.25) is 9.20 Å². The van der Waals surface area contributed by atoms with E-state index in [2.05, 4.69) is 20.3 Å². The molecule has 25 heavy (non-hydrogen) atoms. The maximum atomic E-state index is 12.0. The Kier molecular flexibility index (Phi) is 5.03. The monoisotopic (exact) mass is 338 g/mol. The summed E-state index contributed by atoms with van der Waals surface area (Å²) in [5.41, 5.74) is 1.89. The first-order valence-electron chi connectivity index (χ1n) is 7.94. The predicted octanol–water partition coefficient (Wildman–Crippen LogP) is 2.48. The predicted molar refractivity (Wildman–Crippen MR) is 92.3 cm³/mol. The molecular formula is C18H18N4O3. The molecule has 3 rings (SSSR count). The molecule has 7 heteroatoms. The molecule has 0 radical (unpaired) electrons. The van der Waals surface area contributed by atoms with E-state index in [1.54, 1.807) is 24.3 Å². The maximum Gasteiger partial charge on any atom is 0.337 e. The van der Waals surface area contributed by atoms with Gasteiger partial charge in [0.1, 0.15) is 5.82 Å². The van der Waals surface area contributed by atoms with Gasteiger partial charge in [-0.1, -0.05) is 6.07 Å². The van der Waals surface area contributed by atoms with Gasteiger partial charge in [0.15, 0.2) is 5.65 Å². The van der Waals surface area contributed by atoms with Gasteiger partial charge in [-0.2, -0.15) is 0 Å². The number of benzene rings is 1. The number of aryl methyl sites for hydroxylation is 1. The van der Waals surface area contributed by atoms with Gasteiger partial charge in [-0.25, -0.2) is 4.79 Å². The number of esters is 1. The molecule has 0 fully saturated rings. The summed E-state index contributed by atoms with van der Waals surface area (Å²) in [6.07, 6.45) is 3.62. The number of carbonyl (C=O) groups excluding carboxylic acids is 2. The number of hydrogen-bond donors (Lipinski definition) is 1. The maximum absolute atomic E-state index is 12.0. The van der Waals surface area contributed by atoms with Gasteiger partial charge in [0, 0.05) is 24.7 Å². The molecule has 7 nitrogen and oxygen atoms in total. The number of nitrogens with zero attached hydrogens (tertiary/aromatic N) is 3. The summed E-state index contributed by atoms with van der Waals surface area (Å²) >= 11 is 0. The third-order valence-electron chi connectivity index (χ3n) is 3.78. The molecule has 1 aromatic carbocycles. The van der Waals surface area contributed by atoms with Crippen LogP contribution >= 0.6 is 0 Å². The second kappa shape index (κ2) is 7.57. The Morgan fingerprint density at radius 2 is 1.92 bits per heavy atom. The van der Waals surface area contributed by atoms with E-state index in [1.807, 2.05) is 28.8 Å². The summed E-state index contributed by atoms with van der Waals surface area (Å²) < 4.78 is 6.56. The van der Waals surface area contributed by atoms with Crippen LogP contribution in [0.15, 0.2) is 48.7 Å². The van der Waals surface area contributed by atoms with Crippen molar-refractivity contribution >= 4 is 23.2 Å². The standard InChI is InChI=1S/C18H18N4O3/c1-25-18(24)13-8-10-14(11-9-13)19-17(23)7-4-6-16-21-20-15-5-2-3-12-22(15)16/h2-3,5,8-12H,4,6-7H2,1H3,(H,19,23). The zero-order valence-corrected chi connectivity index (χ0v) is 13.8. The van der Waals surface area contributed by atoms with E-state index in [4.69, 9.17) is 0 Å². The minimum Gasteiger partial charge on any atom is -0.465 e. The van der Waals surface area contributed by atoms with Crippen LogP contribution in [-0.4, -0.2) is 33.6 Å². The fraction of sp³-hybridized carbons (Fsp3) is 0.222. The minimum absolute atomic E-state index is 0.0837. The molecule has 0 spiro atoms. The van der Waals surface area contributed by atoms with E-state index in [0.29, 0.717) is 30.5 Å². The van der Waals surface area contributed by atoms with E-state index in [-0.39, 0.29) is 5.91 Å². The Morgan fingerprint density at radius 3 is 2.68 bits per heavy atom. The lowest BCUT2D eigenvalue weighted by atomic mass is 10.2. The topological polar surface area (TPSA) is 85.6 Å². The van der Waals surface area contributed by atoms with Crippen LogP contribution in [0.4, 0.5) is 5.69 Å². The average Bonchev–Trinajstić information content (AvgIpc) is 3.05. The number of carbonyl (C=O) groups is 2. The summed E-state index contributed by atoms with van der Waals surface area (Å²) in [5, 5.41) is 11.0. The van der Waals surface area contributed by atoms with Gasteiger partial charge in [-0.15, -0.1) is 10.2 Å². The number of aromatic nitrogens is 3. The zero-order valence-electron chi connectivity index (χ0n) is 13.8. The van der Waals surface area contributed by atoms with Crippen LogP contribution in [0.2, 0.25) is 0 Å². The number of hydrogen-bond acceptors (Lipinski definition) is 5. The molecule has 0 unspecified atom stereocenters. The van der Waals surface area contributed by atoms with Crippen LogP contribution in [0.25, 0.3) is 5.65 Å². The smallest absolute Gasteiger partial charge is 0.337 e. The van der Waals surface area contributed by atoms with Gasteiger partial charge in [-0.05, 0) is 42.8 Å². The second-order valence-corrected chi connectivity index (χ2v) is 5.52. The van der Waals surface area contributed by atoms with Crippen LogP contribution in [0.5, 0.6) is 0 Å². The quantitative estimate of drug-likeness (QED) is 0.698. The van der Waals surface area contributed by atoms with E-state index < -0.39 is 5.97 Å². The molecule has 0 saturated carbocycles. The highest BCUT2D eigenvalue weighted by molar-refractivity contribution is 5.93. The third kappa shape index (κ3) is 4.00. The first-order chi connectivity index (χ1) is 12.2. The molecule has 2 heterocycles. The third-order valence-corrected chi connectivity index (χ3v) is 3.78. The highest BCUT2D eigenvalue weighted by atomic mass is 16.5. The van der Waals surface area contributed by atoms with Crippen molar-refractivity contribution in [2.75, 3.05) is 12.4 Å². The van der Waals surface area contributed by atoms with Crippen LogP contribution in [0.3, 0.4) is 0 Å². The molecule has 0 atom stereocenters. The SMILES string of the molecule is COC(=O)c1ccc(NC(=O)CCCc2nnc3ccccn23)cc1. The van der Waals surface area contributed by atoms with E-state index in [9.17, 15) is 9.59 Å². The lowest BCUT2D eigenvalue weighted by molar-refractivity contribution is -0.116. The van der Waals surface area contributed by atoms with Crippen molar-refractivity contribution < 1.29 is 14.3 Å². The second-order valence-electron chi connectivity index (χ2n) is 5.52. The summed E-state index contributed by atoms with van der Waals surface area (Å²) in [6, 6.07) is 12.3. The van der Waals surface area contributed by atoms with Gasteiger partial charge in [0.2, 0.25) is 5.91 Å². The Bertz CT molecular complexity index is 887. The Morgan fingerprint density at radius 1 is 1.12 bits per heavy atom. The van der Waals surface area contributed by atoms with Crippen molar-refractivity contribution in [1.29, 1.82) is 0 Å². The van der Waals surface area contributed by atoms with Gasteiger partial charge in [0.25, 0.3) is 0 Å². The molecule has 0 saturated heterocycles. The fourth-order valence-corrected chi connectivity index (χ4v) is 2.50. The zero-order chi connectivity index (χ0) is 17.6. The Balaban J connectivity index is 1.50. The lowest BCUT2D eigenvalue weighted by Gasteiger charge is -2.06. The van der Waals surface area contributed by atoms with Gasteiger partial charge < -0.3 is 10.1 Å². The highest BCUT2D eigenvalue weighted by Gasteiger charge is 2.08. The summed E-state index contributed by atoms with van der Waals surface area (Å²) in [5.74, 6) is 0.351. The summed E-state index contributed by atoms with van der Waals surface area (Å²) in [7, 11) is 1.33. The first kappa shape index (κ1) is 16.6. The largest absolute Gasteiger partial charge is 0.465 e. The molecule has 0 bridgehead atoms. The summed E-state index contributed by atoms with van der Waals surface area (Å²) in [6.45, 7) is 0. The van der Waals surface area contributed by atoms with Crippen molar-refractivity contribution in [3.63, 3.8) is 0 Å². The summed E-state index contributed by atoms with van der Waals surface area (Å²) in [4.78, 5) is 23.4. The van der Waals surface area contributed by atoms with Crippen molar-refractivity contribution in [1.82, 2.24) is 14.6 Å². The number of nitrogens with one attached hydrogen (secondary N) is 1. The molecule has 2 aromatic heterocycles. The lowest BCUT2D eigenvalue weighted by Crippen LogP contribution is -2.12. The van der Waals surface area contributed by atoms with E-state index in [1.165, 1.54) is 7.11 Å². The van der Waals surface area contributed by atoms with E-state index >= 15 is 0 Å². The van der Waals surface area contributed by atoms with Crippen molar-refractivity contribution in [3.05, 3.63) is 60.0 Å². The molecular weight excluding hydrogens is 320 g/mol. The average molecular weight is 338 g/mol. The first-order valence-corrected chi connectivity index (χ1v) is 7.94. The molecule has 1 amide bonds. The minimum atomic E-state index is -0.404. The number of anilines is 1. The molecule has 0 aliphatic rings. The van der Waals surface area contributed by atoms with E-state index in [0.717, 1.165) is 11.5 Å². The van der Waals surface area contributed by atoms with Crippen LogP contribution in [-0.2, 0) is 16.0 Å². The molecule has 3 aromatic rings. The number of methoxy groups -OCH3 is 1. The number of fused-ring (bicyclic) bond motifs is 1.